The fourth-order valence-electron chi connectivity index (χ4n) is 2.53. The number of rotatable bonds is 5. The van der Waals surface area contributed by atoms with Crippen LogP contribution in [0.1, 0.15) is 34.0 Å². The normalized spacial score (nSPS) is 11.8. The Hall–Kier alpha value is -2.62. The molecule has 23 heavy (non-hydrogen) atoms. The quantitative estimate of drug-likeness (QED) is 0.882. The van der Waals surface area contributed by atoms with Crippen LogP contribution in [0.2, 0.25) is 0 Å². The number of aliphatic carboxylic acids is 1. The minimum atomic E-state index is -0.808. The Bertz CT molecular complexity index is 700. The molecule has 0 spiro atoms. The maximum absolute atomic E-state index is 12.4. The third-order valence-corrected chi connectivity index (χ3v) is 3.88. The van der Waals surface area contributed by atoms with E-state index in [4.69, 9.17) is 5.11 Å². The number of carbonyl (C=O) groups excluding carboxylic acids is 1. The van der Waals surface area contributed by atoms with Gasteiger partial charge < -0.3 is 10.4 Å². The van der Waals surface area contributed by atoms with Gasteiger partial charge in [0.25, 0.3) is 5.91 Å². The minimum Gasteiger partial charge on any atom is -0.481 e. The Kier molecular flexibility index (Phi) is 5.16. The number of anilines is 1. The lowest BCUT2D eigenvalue weighted by Crippen LogP contribution is -2.15. The average Bonchev–Trinajstić information content (AvgIpc) is 2.49. The Labute approximate surface area is 136 Å². The van der Waals surface area contributed by atoms with E-state index in [1.165, 1.54) is 0 Å². The van der Waals surface area contributed by atoms with E-state index in [1.807, 2.05) is 44.2 Å². The summed E-state index contributed by atoms with van der Waals surface area (Å²) in [5, 5.41) is 11.8. The first-order valence-corrected chi connectivity index (χ1v) is 7.58. The van der Waals surface area contributed by atoms with Gasteiger partial charge in [-0.25, -0.2) is 0 Å². The molecule has 120 valence electrons. The van der Waals surface area contributed by atoms with Gasteiger partial charge in [-0.1, -0.05) is 37.3 Å². The molecule has 0 aliphatic rings. The molecule has 0 saturated carbocycles. The standard InChI is InChI=1S/C19H21NO3/c1-12-5-4-6-13(2)17(12)18(21)20-16-9-7-15(8-10-16)11-14(3)19(22)23/h4-10,14H,11H2,1-3H3,(H,20,21)(H,22,23). The summed E-state index contributed by atoms with van der Waals surface area (Å²) in [6.45, 7) is 5.51. The molecule has 1 unspecified atom stereocenters. The highest BCUT2D eigenvalue weighted by atomic mass is 16.4. The van der Waals surface area contributed by atoms with Gasteiger partial charge in [0.2, 0.25) is 0 Å². The van der Waals surface area contributed by atoms with Crippen LogP contribution in [0.25, 0.3) is 0 Å². The molecule has 0 radical (unpaired) electrons. The number of hydrogen-bond donors (Lipinski definition) is 2. The average molecular weight is 311 g/mol. The topological polar surface area (TPSA) is 66.4 Å². The van der Waals surface area contributed by atoms with Crippen LogP contribution in [-0.2, 0) is 11.2 Å². The third-order valence-electron chi connectivity index (χ3n) is 3.88. The molecule has 0 saturated heterocycles. The molecule has 1 atom stereocenters. The van der Waals surface area contributed by atoms with Crippen molar-refractivity contribution >= 4 is 17.6 Å². The largest absolute Gasteiger partial charge is 0.481 e. The van der Waals surface area contributed by atoms with Gasteiger partial charge in [-0.2, -0.15) is 0 Å². The molecule has 2 N–H and O–H groups in total. The lowest BCUT2D eigenvalue weighted by molar-refractivity contribution is -0.141. The number of carboxylic acids is 1. The highest BCUT2D eigenvalue weighted by Gasteiger charge is 2.13. The van der Waals surface area contributed by atoms with E-state index in [0.29, 0.717) is 17.7 Å². The number of amides is 1. The smallest absolute Gasteiger partial charge is 0.306 e. The van der Waals surface area contributed by atoms with E-state index >= 15 is 0 Å². The first kappa shape index (κ1) is 16.7. The molecule has 0 fully saturated rings. The van der Waals surface area contributed by atoms with E-state index in [0.717, 1.165) is 16.7 Å². The highest BCUT2D eigenvalue weighted by molar-refractivity contribution is 6.06. The molecule has 0 heterocycles. The maximum atomic E-state index is 12.4. The summed E-state index contributed by atoms with van der Waals surface area (Å²) in [6.07, 6.45) is 0.473. The van der Waals surface area contributed by atoms with Gasteiger partial charge >= 0.3 is 5.97 Å². The van der Waals surface area contributed by atoms with Gasteiger partial charge in [-0.3, -0.25) is 9.59 Å². The minimum absolute atomic E-state index is 0.132. The van der Waals surface area contributed by atoms with Gasteiger partial charge in [0, 0.05) is 11.3 Å². The van der Waals surface area contributed by atoms with Crippen LogP contribution in [0.15, 0.2) is 42.5 Å². The second-order valence-corrected chi connectivity index (χ2v) is 5.86. The summed E-state index contributed by atoms with van der Waals surface area (Å²) in [6, 6.07) is 13.1. The van der Waals surface area contributed by atoms with Gasteiger partial charge in [-0.05, 0) is 49.1 Å². The van der Waals surface area contributed by atoms with Crippen LogP contribution >= 0.6 is 0 Å². The predicted octanol–water partition coefficient (Wildman–Crippen LogP) is 3.82. The van der Waals surface area contributed by atoms with Crippen LogP contribution in [0.3, 0.4) is 0 Å². The molecule has 0 aromatic heterocycles. The van der Waals surface area contributed by atoms with Crippen molar-refractivity contribution in [2.45, 2.75) is 27.2 Å². The summed E-state index contributed by atoms with van der Waals surface area (Å²) < 4.78 is 0. The molecular weight excluding hydrogens is 290 g/mol. The SMILES string of the molecule is Cc1cccc(C)c1C(=O)Nc1ccc(CC(C)C(=O)O)cc1. The van der Waals surface area contributed by atoms with Crippen LogP contribution in [0.4, 0.5) is 5.69 Å². The zero-order valence-electron chi connectivity index (χ0n) is 13.6. The molecule has 4 nitrogen and oxygen atoms in total. The van der Waals surface area contributed by atoms with Crippen LogP contribution in [-0.4, -0.2) is 17.0 Å². The van der Waals surface area contributed by atoms with E-state index in [-0.39, 0.29) is 5.91 Å². The zero-order chi connectivity index (χ0) is 17.0. The number of benzene rings is 2. The molecular formula is C19H21NO3. The van der Waals surface area contributed by atoms with Gasteiger partial charge in [0.15, 0.2) is 0 Å². The van der Waals surface area contributed by atoms with Crippen molar-refractivity contribution in [1.29, 1.82) is 0 Å². The first-order chi connectivity index (χ1) is 10.9. The molecule has 0 bridgehead atoms. The van der Waals surface area contributed by atoms with Crippen LogP contribution in [0.5, 0.6) is 0 Å². The number of carboxylic acid groups (broad SMARTS) is 1. The van der Waals surface area contributed by atoms with Gasteiger partial charge in [0.05, 0.1) is 5.92 Å². The third kappa shape index (κ3) is 4.19. The molecule has 1 amide bonds. The zero-order valence-corrected chi connectivity index (χ0v) is 13.6. The van der Waals surface area contributed by atoms with Crippen molar-refractivity contribution in [3.63, 3.8) is 0 Å². The lowest BCUT2D eigenvalue weighted by Gasteiger charge is -2.11. The summed E-state index contributed by atoms with van der Waals surface area (Å²) in [7, 11) is 0. The van der Waals surface area contributed by atoms with Crippen molar-refractivity contribution in [3.8, 4) is 0 Å². The number of aryl methyl sites for hydroxylation is 2. The van der Waals surface area contributed by atoms with E-state index in [2.05, 4.69) is 5.32 Å². The van der Waals surface area contributed by atoms with Crippen molar-refractivity contribution in [2.75, 3.05) is 5.32 Å². The lowest BCUT2D eigenvalue weighted by atomic mass is 10.0. The first-order valence-electron chi connectivity index (χ1n) is 7.58. The molecule has 0 aliphatic heterocycles. The monoisotopic (exact) mass is 311 g/mol. The van der Waals surface area contributed by atoms with Gasteiger partial charge in [-0.15, -0.1) is 0 Å². The molecule has 2 aromatic rings. The summed E-state index contributed by atoms with van der Waals surface area (Å²) in [5.74, 6) is -1.37. The van der Waals surface area contributed by atoms with E-state index < -0.39 is 11.9 Å². The Morgan fingerprint density at radius 2 is 1.61 bits per heavy atom. The molecule has 0 aliphatic carbocycles. The predicted molar refractivity (Wildman–Crippen MR) is 90.8 cm³/mol. The number of nitrogens with one attached hydrogen (secondary N) is 1. The molecule has 4 heteroatoms. The number of hydrogen-bond acceptors (Lipinski definition) is 2. The summed E-state index contributed by atoms with van der Waals surface area (Å²) in [4.78, 5) is 23.3. The fourth-order valence-corrected chi connectivity index (χ4v) is 2.53. The second-order valence-electron chi connectivity index (χ2n) is 5.86. The van der Waals surface area contributed by atoms with E-state index in [9.17, 15) is 9.59 Å². The summed E-state index contributed by atoms with van der Waals surface area (Å²) in [5.41, 5.74) is 4.20. The van der Waals surface area contributed by atoms with Crippen LogP contribution in [0, 0.1) is 19.8 Å². The van der Waals surface area contributed by atoms with Crippen molar-refractivity contribution < 1.29 is 14.7 Å². The molecule has 2 aromatic carbocycles. The number of carbonyl (C=O) groups is 2. The fraction of sp³-hybridized carbons (Fsp3) is 0.263. The van der Waals surface area contributed by atoms with Crippen molar-refractivity contribution in [1.82, 2.24) is 0 Å². The second kappa shape index (κ2) is 7.09. The van der Waals surface area contributed by atoms with Crippen LogP contribution < -0.4 is 5.32 Å². The van der Waals surface area contributed by atoms with E-state index in [1.54, 1.807) is 19.1 Å². The van der Waals surface area contributed by atoms with Crippen molar-refractivity contribution in [3.05, 3.63) is 64.7 Å². The van der Waals surface area contributed by atoms with Gasteiger partial charge in [0.1, 0.15) is 0 Å². The Morgan fingerprint density at radius 1 is 1.04 bits per heavy atom. The molecule has 2 rings (SSSR count). The Morgan fingerprint density at radius 3 is 2.13 bits per heavy atom. The summed E-state index contributed by atoms with van der Waals surface area (Å²) >= 11 is 0. The van der Waals surface area contributed by atoms with Crippen molar-refractivity contribution in [2.24, 2.45) is 5.92 Å². The maximum Gasteiger partial charge on any atom is 0.306 e. The highest BCUT2D eigenvalue weighted by Crippen LogP contribution is 2.17. The Balaban J connectivity index is 2.09.